The Hall–Kier alpha value is -0.870. The molecule has 0 fully saturated rings. The monoisotopic (exact) mass is 254 g/mol. The van der Waals surface area contributed by atoms with Gasteiger partial charge in [-0.3, -0.25) is 0 Å². The lowest BCUT2D eigenvalue weighted by molar-refractivity contribution is 0.0383. The molecule has 0 bridgehead atoms. The smallest absolute Gasteiger partial charge is 0.348 e. The molecular weight excluding hydrogens is 236 g/mol. The first-order valence-corrected chi connectivity index (χ1v) is 6.80. The molecular formula is C13H18O3S. The van der Waals surface area contributed by atoms with E-state index in [1.807, 2.05) is 19.9 Å². The number of hydrogen-bond donors (Lipinski definition) is 0. The second-order valence-electron chi connectivity index (χ2n) is 4.56. The largest absolute Gasteiger partial charge is 0.459 e. The number of aryl methyl sites for hydroxylation is 1. The third-order valence-corrected chi connectivity index (χ3v) is 4.08. The summed E-state index contributed by atoms with van der Waals surface area (Å²) in [5.41, 5.74) is 1.18. The first-order chi connectivity index (χ1) is 8.11. The fourth-order valence-electron chi connectivity index (χ4n) is 2.13. The number of ether oxygens (including phenoxy) is 2. The van der Waals surface area contributed by atoms with Crippen LogP contribution in [0.5, 0.6) is 0 Å². The van der Waals surface area contributed by atoms with Crippen molar-refractivity contribution in [2.45, 2.75) is 45.3 Å². The molecule has 1 unspecified atom stereocenters. The van der Waals surface area contributed by atoms with Crippen LogP contribution in [0.15, 0.2) is 6.07 Å². The number of carbonyl (C=O) groups is 1. The maximum absolute atomic E-state index is 11.8. The SMILES string of the molecule is COC1CCCc2sc(C(=O)OC(C)C)cc21. The Morgan fingerprint density at radius 2 is 2.29 bits per heavy atom. The van der Waals surface area contributed by atoms with E-state index in [-0.39, 0.29) is 18.2 Å². The molecule has 0 amide bonds. The second-order valence-corrected chi connectivity index (χ2v) is 5.70. The first kappa shape index (κ1) is 12.6. The lowest BCUT2D eigenvalue weighted by Gasteiger charge is -2.20. The Balaban J connectivity index is 2.21. The zero-order valence-corrected chi connectivity index (χ0v) is 11.3. The Labute approximate surface area is 106 Å². The number of thiophene rings is 1. The highest BCUT2D eigenvalue weighted by Crippen LogP contribution is 2.37. The molecule has 0 spiro atoms. The van der Waals surface area contributed by atoms with Gasteiger partial charge in [0.05, 0.1) is 12.2 Å². The van der Waals surface area contributed by atoms with E-state index in [2.05, 4.69) is 0 Å². The van der Waals surface area contributed by atoms with E-state index < -0.39 is 0 Å². The summed E-state index contributed by atoms with van der Waals surface area (Å²) in [4.78, 5) is 13.8. The average Bonchev–Trinajstić information content (AvgIpc) is 2.71. The normalized spacial score (nSPS) is 19.2. The summed E-state index contributed by atoms with van der Waals surface area (Å²) in [6.45, 7) is 3.73. The summed E-state index contributed by atoms with van der Waals surface area (Å²) >= 11 is 1.55. The fraction of sp³-hybridized carbons (Fsp3) is 0.615. The van der Waals surface area contributed by atoms with Crippen LogP contribution in [0.1, 0.15) is 52.9 Å². The van der Waals surface area contributed by atoms with Crippen molar-refractivity contribution >= 4 is 17.3 Å². The van der Waals surface area contributed by atoms with Gasteiger partial charge in [-0.15, -0.1) is 11.3 Å². The van der Waals surface area contributed by atoms with Crippen LogP contribution >= 0.6 is 11.3 Å². The van der Waals surface area contributed by atoms with E-state index >= 15 is 0 Å². The summed E-state index contributed by atoms with van der Waals surface area (Å²) in [7, 11) is 1.73. The van der Waals surface area contributed by atoms with Crippen molar-refractivity contribution in [3.05, 3.63) is 21.4 Å². The minimum absolute atomic E-state index is 0.0696. The Morgan fingerprint density at radius 1 is 1.53 bits per heavy atom. The maximum Gasteiger partial charge on any atom is 0.348 e. The number of methoxy groups -OCH3 is 1. The number of carbonyl (C=O) groups excluding carboxylic acids is 1. The molecule has 0 aromatic carbocycles. The van der Waals surface area contributed by atoms with Crippen molar-refractivity contribution in [2.75, 3.05) is 7.11 Å². The van der Waals surface area contributed by atoms with Crippen molar-refractivity contribution in [1.82, 2.24) is 0 Å². The Bertz CT molecular complexity index is 409. The van der Waals surface area contributed by atoms with Crippen LogP contribution in [0, 0.1) is 0 Å². The van der Waals surface area contributed by atoms with Crippen LogP contribution < -0.4 is 0 Å². The lowest BCUT2D eigenvalue weighted by atomic mass is 9.96. The molecule has 2 rings (SSSR count). The second kappa shape index (κ2) is 5.19. The van der Waals surface area contributed by atoms with Gasteiger partial charge in [0.25, 0.3) is 0 Å². The topological polar surface area (TPSA) is 35.5 Å². The molecule has 0 saturated carbocycles. The minimum atomic E-state index is -0.214. The van der Waals surface area contributed by atoms with Crippen molar-refractivity contribution < 1.29 is 14.3 Å². The summed E-state index contributed by atoms with van der Waals surface area (Å²) in [5.74, 6) is -0.214. The molecule has 0 saturated heterocycles. The molecule has 0 aliphatic heterocycles. The van der Waals surface area contributed by atoms with Crippen LogP contribution in [0.4, 0.5) is 0 Å². The summed E-state index contributed by atoms with van der Waals surface area (Å²) < 4.78 is 10.7. The van der Waals surface area contributed by atoms with Crippen molar-refractivity contribution in [1.29, 1.82) is 0 Å². The molecule has 1 heterocycles. The van der Waals surface area contributed by atoms with E-state index in [1.54, 1.807) is 18.4 Å². The van der Waals surface area contributed by atoms with Gasteiger partial charge in [-0.05, 0) is 44.7 Å². The van der Waals surface area contributed by atoms with Gasteiger partial charge in [-0.2, -0.15) is 0 Å². The van der Waals surface area contributed by atoms with Crippen LogP contribution in [-0.2, 0) is 15.9 Å². The molecule has 1 atom stereocenters. The third-order valence-electron chi connectivity index (χ3n) is 2.89. The van der Waals surface area contributed by atoms with Gasteiger partial charge in [-0.25, -0.2) is 4.79 Å². The molecule has 94 valence electrons. The highest BCUT2D eigenvalue weighted by molar-refractivity contribution is 7.14. The zero-order valence-electron chi connectivity index (χ0n) is 10.5. The predicted molar refractivity (Wildman–Crippen MR) is 67.6 cm³/mol. The van der Waals surface area contributed by atoms with Crippen molar-refractivity contribution in [2.24, 2.45) is 0 Å². The Morgan fingerprint density at radius 3 is 2.94 bits per heavy atom. The quantitative estimate of drug-likeness (QED) is 0.776. The minimum Gasteiger partial charge on any atom is -0.459 e. The molecule has 1 aliphatic rings. The highest BCUT2D eigenvalue weighted by Gasteiger charge is 2.25. The van der Waals surface area contributed by atoms with Gasteiger partial charge < -0.3 is 9.47 Å². The van der Waals surface area contributed by atoms with Gasteiger partial charge in [0, 0.05) is 12.0 Å². The van der Waals surface area contributed by atoms with Gasteiger partial charge in [0.2, 0.25) is 0 Å². The zero-order chi connectivity index (χ0) is 12.4. The number of hydrogen-bond acceptors (Lipinski definition) is 4. The lowest BCUT2D eigenvalue weighted by Crippen LogP contribution is -2.10. The summed E-state index contributed by atoms with van der Waals surface area (Å²) in [6, 6.07) is 1.94. The third kappa shape index (κ3) is 2.69. The van der Waals surface area contributed by atoms with Crippen LogP contribution in [-0.4, -0.2) is 19.2 Å². The molecule has 17 heavy (non-hydrogen) atoms. The molecule has 0 radical (unpaired) electrons. The van der Waals surface area contributed by atoms with Gasteiger partial charge in [0.1, 0.15) is 4.88 Å². The van der Waals surface area contributed by atoms with Crippen LogP contribution in [0.3, 0.4) is 0 Å². The number of esters is 1. The maximum atomic E-state index is 11.8. The van der Waals surface area contributed by atoms with Crippen molar-refractivity contribution in [3.63, 3.8) is 0 Å². The van der Waals surface area contributed by atoms with E-state index in [0.717, 1.165) is 19.3 Å². The van der Waals surface area contributed by atoms with E-state index in [0.29, 0.717) is 4.88 Å². The Kier molecular flexibility index (Phi) is 3.84. The van der Waals surface area contributed by atoms with Gasteiger partial charge >= 0.3 is 5.97 Å². The number of fused-ring (bicyclic) bond motifs is 1. The standard InChI is InChI=1S/C13H18O3S/c1-8(2)16-13(14)12-7-9-10(15-3)5-4-6-11(9)17-12/h7-8,10H,4-6H2,1-3H3. The molecule has 0 N–H and O–H groups in total. The van der Waals surface area contributed by atoms with Gasteiger partial charge in [0.15, 0.2) is 0 Å². The average molecular weight is 254 g/mol. The number of rotatable bonds is 3. The molecule has 1 aromatic heterocycles. The van der Waals surface area contributed by atoms with E-state index in [1.165, 1.54) is 10.4 Å². The molecule has 3 nitrogen and oxygen atoms in total. The van der Waals surface area contributed by atoms with E-state index in [9.17, 15) is 4.79 Å². The van der Waals surface area contributed by atoms with Crippen molar-refractivity contribution in [3.8, 4) is 0 Å². The molecule has 1 aromatic rings. The first-order valence-electron chi connectivity index (χ1n) is 5.98. The fourth-order valence-corrected chi connectivity index (χ4v) is 3.27. The van der Waals surface area contributed by atoms with E-state index in [4.69, 9.17) is 9.47 Å². The predicted octanol–water partition coefficient (Wildman–Crippen LogP) is 3.34. The molecule has 4 heteroatoms. The van der Waals surface area contributed by atoms with Crippen LogP contribution in [0.25, 0.3) is 0 Å². The highest BCUT2D eigenvalue weighted by atomic mass is 32.1. The summed E-state index contributed by atoms with van der Waals surface area (Å²) in [5, 5.41) is 0. The van der Waals surface area contributed by atoms with Gasteiger partial charge in [-0.1, -0.05) is 0 Å². The van der Waals surface area contributed by atoms with Crippen LogP contribution in [0.2, 0.25) is 0 Å². The molecule has 1 aliphatic carbocycles. The summed E-state index contributed by atoms with van der Waals surface area (Å²) in [6.07, 6.45) is 3.30.